The van der Waals surface area contributed by atoms with Gasteiger partial charge in [0.05, 0.1) is 6.10 Å². The van der Waals surface area contributed by atoms with Crippen molar-refractivity contribution >= 4 is 11.7 Å². The number of unbranched alkanes of at least 4 members (excludes halogenated alkanes) is 1. The molecule has 1 aromatic rings. The third-order valence-corrected chi connectivity index (χ3v) is 4.79. The summed E-state index contributed by atoms with van der Waals surface area (Å²) in [6.07, 6.45) is 14.9. The summed E-state index contributed by atoms with van der Waals surface area (Å²) in [5.41, 5.74) is 6.32. The Morgan fingerprint density at radius 1 is 1.22 bits per heavy atom. The van der Waals surface area contributed by atoms with Crippen molar-refractivity contribution in [1.29, 1.82) is 0 Å². The zero-order valence-corrected chi connectivity index (χ0v) is 15.7. The highest BCUT2D eigenvalue weighted by Gasteiger charge is 2.27. The average Bonchev–Trinajstić information content (AvgIpc) is 3.01. The largest absolute Gasteiger partial charge is 0.389 e. The van der Waals surface area contributed by atoms with Gasteiger partial charge in [0.25, 0.3) is 0 Å². The van der Waals surface area contributed by atoms with E-state index in [1.165, 1.54) is 5.56 Å². The SMILES string of the molecule is NC(=O)CCC/C=C/C[C@H]1C(=O)C=C[C@@H]1C=C[C@@H](O)CCc1ccccc1. The van der Waals surface area contributed by atoms with E-state index in [2.05, 4.69) is 12.1 Å². The van der Waals surface area contributed by atoms with Gasteiger partial charge in [-0.05, 0) is 43.7 Å². The van der Waals surface area contributed by atoms with Gasteiger partial charge in [0.2, 0.25) is 5.91 Å². The normalized spacial score (nSPS) is 20.7. The minimum Gasteiger partial charge on any atom is -0.389 e. The van der Waals surface area contributed by atoms with E-state index in [1.54, 1.807) is 12.2 Å². The number of ketones is 1. The van der Waals surface area contributed by atoms with E-state index in [9.17, 15) is 14.7 Å². The van der Waals surface area contributed by atoms with Gasteiger partial charge in [-0.3, -0.25) is 9.59 Å². The molecule has 3 N–H and O–H groups in total. The number of benzene rings is 1. The first-order chi connectivity index (χ1) is 13.1. The van der Waals surface area contributed by atoms with E-state index in [0.29, 0.717) is 19.3 Å². The van der Waals surface area contributed by atoms with Crippen molar-refractivity contribution in [2.24, 2.45) is 17.6 Å². The van der Waals surface area contributed by atoms with E-state index < -0.39 is 6.10 Å². The number of amides is 1. The van der Waals surface area contributed by atoms with E-state index in [-0.39, 0.29) is 23.5 Å². The van der Waals surface area contributed by atoms with Crippen LogP contribution in [0.15, 0.2) is 66.8 Å². The first-order valence-corrected chi connectivity index (χ1v) is 9.62. The Morgan fingerprint density at radius 2 is 2.00 bits per heavy atom. The first kappa shape index (κ1) is 20.8. The standard InChI is InChI=1S/C23H29NO3/c24-23(27)11-7-2-1-6-10-21-19(14-17-22(21)26)13-16-20(25)15-12-18-8-4-3-5-9-18/h1,3-6,8-9,13-14,16-17,19-21,25H,2,7,10-12,15H2,(H2,24,27)/b6-1+,16-13?/t19-,20-,21+/m0/s1. The number of carbonyl (C=O) groups excluding carboxylic acids is 2. The van der Waals surface area contributed by atoms with Crippen molar-refractivity contribution in [2.45, 2.75) is 44.6 Å². The number of aryl methyl sites for hydroxylation is 1. The second-order valence-corrected chi connectivity index (χ2v) is 6.99. The Hall–Kier alpha value is -2.46. The Labute approximate surface area is 161 Å². The number of hydrogen-bond acceptors (Lipinski definition) is 3. The monoisotopic (exact) mass is 367 g/mol. The minimum absolute atomic E-state index is 0.0270. The van der Waals surface area contributed by atoms with Crippen LogP contribution >= 0.6 is 0 Å². The second-order valence-electron chi connectivity index (χ2n) is 6.99. The Balaban J connectivity index is 1.76. The molecule has 0 bridgehead atoms. The smallest absolute Gasteiger partial charge is 0.217 e. The molecule has 4 heteroatoms. The zero-order chi connectivity index (χ0) is 19.5. The fourth-order valence-corrected chi connectivity index (χ4v) is 3.19. The zero-order valence-electron chi connectivity index (χ0n) is 15.7. The maximum Gasteiger partial charge on any atom is 0.217 e. The van der Waals surface area contributed by atoms with E-state index >= 15 is 0 Å². The van der Waals surface area contributed by atoms with Gasteiger partial charge in [-0.15, -0.1) is 0 Å². The Bertz CT molecular complexity index is 691. The molecule has 0 saturated heterocycles. The van der Waals surface area contributed by atoms with Crippen LogP contribution in [0.2, 0.25) is 0 Å². The number of primary amides is 1. The summed E-state index contributed by atoms with van der Waals surface area (Å²) in [5.74, 6) is -0.228. The fourth-order valence-electron chi connectivity index (χ4n) is 3.19. The molecule has 3 atom stereocenters. The molecule has 1 amide bonds. The molecule has 4 nitrogen and oxygen atoms in total. The van der Waals surface area contributed by atoms with Crippen molar-refractivity contribution < 1.29 is 14.7 Å². The summed E-state index contributed by atoms with van der Waals surface area (Å²) in [4.78, 5) is 22.8. The predicted octanol–water partition coefficient (Wildman–Crippen LogP) is 3.51. The quantitative estimate of drug-likeness (QED) is 0.464. The molecule has 0 aliphatic heterocycles. The number of hydrogen-bond donors (Lipinski definition) is 2. The molecular weight excluding hydrogens is 338 g/mol. The van der Waals surface area contributed by atoms with Crippen molar-refractivity contribution in [3.63, 3.8) is 0 Å². The molecule has 1 aliphatic rings. The molecule has 0 fully saturated rings. The van der Waals surface area contributed by atoms with Crippen LogP contribution in [-0.4, -0.2) is 22.9 Å². The lowest BCUT2D eigenvalue weighted by Gasteiger charge is -2.13. The van der Waals surface area contributed by atoms with Gasteiger partial charge in [-0.2, -0.15) is 0 Å². The molecule has 144 valence electrons. The van der Waals surface area contributed by atoms with Gasteiger partial charge in [0.15, 0.2) is 5.78 Å². The molecule has 0 radical (unpaired) electrons. The molecule has 0 spiro atoms. The van der Waals surface area contributed by atoms with Gasteiger partial charge in [0.1, 0.15) is 0 Å². The lowest BCUT2D eigenvalue weighted by Crippen LogP contribution is -2.14. The summed E-state index contributed by atoms with van der Waals surface area (Å²) in [6.45, 7) is 0. The topological polar surface area (TPSA) is 80.4 Å². The van der Waals surface area contributed by atoms with Crippen molar-refractivity contribution in [1.82, 2.24) is 0 Å². The van der Waals surface area contributed by atoms with Gasteiger partial charge in [0, 0.05) is 18.3 Å². The predicted molar refractivity (Wildman–Crippen MR) is 108 cm³/mol. The van der Waals surface area contributed by atoms with Crippen LogP contribution in [0.3, 0.4) is 0 Å². The first-order valence-electron chi connectivity index (χ1n) is 9.62. The van der Waals surface area contributed by atoms with Crippen molar-refractivity contribution in [3.05, 3.63) is 72.4 Å². The molecule has 1 aromatic carbocycles. The van der Waals surface area contributed by atoms with Crippen molar-refractivity contribution in [2.75, 3.05) is 0 Å². The van der Waals surface area contributed by atoms with Crippen LogP contribution in [0.4, 0.5) is 0 Å². The molecule has 0 unspecified atom stereocenters. The van der Waals surface area contributed by atoms with Gasteiger partial charge in [-0.1, -0.05) is 60.7 Å². The number of aliphatic hydroxyl groups excluding tert-OH is 1. The summed E-state index contributed by atoms with van der Waals surface area (Å²) < 4.78 is 0. The molecule has 0 aromatic heterocycles. The lowest BCUT2D eigenvalue weighted by atomic mass is 9.90. The molecular formula is C23H29NO3. The third kappa shape index (κ3) is 7.75. The van der Waals surface area contributed by atoms with E-state index in [1.807, 2.05) is 42.5 Å². The minimum atomic E-state index is -0.515. The Morgan fingerprint density at radius 3 is 2.74 bits per heavy atom. The molecule has 2 rings (SSSR count). The molecule has 1 aliphatic carbocycles. The summed E-state index contributed by atoms with van der Waals surface area (Å²) >= 11 is 0. The van der Waals surface area contributed by atoms with Gasteiger partial charge in [-0.25, -0.2) is 0 Å². The number of aliphatic hydroxyl groups is 1. The lowest BCUT2D eigenvalue weighted by molar-refractivity contribution is -0.118. The van der Waals surface area contributed by atoms with Crippen LogP contribution in [0.25, 0.3) is 0 Å². The fraction of sp³-hybridized carbons (Fsp3) is 0.391. The molecule has 0 saturated carbocycles. The molecule has 0 heterocycles. The van der Waals surface area contributed by atoms with Crippen LogP contribution < -0.4 is 5.73 Å². The van der Waals surface area contributed by atoms with Crippen LogP contribution in [-0.2, 0) is 16.0 Å². The third-order valence-electron chi connectivity index (χ3n) is 4.79. The summed E-state index contributed by atoms with van der Waals surface area (Å²) in [5, 5.41) is 10.2. The second kappa shape index (κ2) is 11.3. The van der Waals surface area contributed by atoms with Crippen LogP contribution in [0.5, 0.6) is 0 Å². The number of nitrogens with two attached hydrogens (primary N) is 1. The van der Waals surface area contributed by atoms with Crippen LogP contribution in [0, 0.1) is 11.8 Å². The molecule has 27 heavy (non-hydrogen) atoms. The highest BCUT2D eigenvalue weighted by atomic mass is 16.3. The number of rotatable bonds is 11. The highest BCUT2D eigenvalue weighted by Crippen LogP contribution is 2.27. The van der Waals surface area contributed by atoms with E-state index in [0.717, 1.165) is 19.3 Å². The number of allylic oxidation sites excluding steroid dienone is 5. The number of carbonyl (C=O) groups is 2. The maximum absolute atomic E-state index is 12.1. The Kier molecular flexibility index (Phi) is 8.72. The van der Waals surface area contributed by atoms with Crippen molar-refractivity contribution in [3.8, 4) is 0 Å². The highest BCUT2D eigenvalue weighted by molar-refractivity contribution is 5.95. The van der Waals surface area contributed by atoms with Gasteiger partial charge < -0.3 is 10.8 Å². The van der Waals surface area contributed by atoms with Gasteiger partial charge >= 0.3 is 0 Å². The van der Waals surface area contributed by atoms with Crippen LogP contribution in [0.1, 0.15) is 37.7 Å². The van der Waals surface area contributed by atoms with E-state index in [4.69, 9.17) is 5.73 Å². The average molecular weight is 367 g/mol. The summed E-state index contributed by atoms with van der Waals surface area (Å²) in [6, 6.07) is 10.1. The maximum atomic E-state index is 12.1. The summed E-state index contributed by atoms with van der Waals surface area (Å²) in [7, 11) is 0.